The van der Waals surface area contributed by atoms with Crippen LogP contribution in [0.4, 0.5) is 4.79 Å². The molecule has 0 aromatic heterocycles. The molecule has 4 nitrogen and oxygen atoms in total. The van der Waals surface area contributed by atoms with E-state index < -0.39 is 8.32 Å². The summed E-state index contributed by atoms with van der Waals surface area (Å²) < 4.78 is 5.92. The minimum absolute atomic E-state index is 0.0585. The van der Waals surface area contributed by atoms with Crippen molar-refractivity contribution in [2.75, 3.05) is 19.7 Å². The maximum atomic E-state index is 11.5. The van der Waals surface area contributed by atoms with Crippen LogP contribution in [0.25, 0.3) is 0 Å². The molecule has 1 rings (SSSR count). The van der Waals surface area contributed by atoms with Gasteiger partial charge in [-0.2, -0.15) is 0 Å². The smallest absolute Gasteiger partial charge is 0.317 e. The van der Waals surface area contributed by atoms with Crippen molar-refractivity contribution in [3.63, 3.8) is 0 Å². The first kappa shape index (κ1) is 12.5. The predicted octanol–water partition coefficient (Wildman–Crippen LogP) is 1.57. The quantitative estimate of drug-likeness (QED) is 0.728. The van der Waals surface area contributed by atoms with Crippen LogP contribution < -0.4 is 5.32 Å². The summed E-state index contributed by atoms with van der Waals surface area (Å²) in [5.74, 6) is 0. The molecule has 2 amide bonds. The minimum Gasteiger partial charge on any atom is -0.415 e. The lowest BCUT2D eigenvalue weighted by molar-refractivity contribution is 0.204. The Morgan fingerprint density at radius 3 is 2.73 bits per heavy atom. The SMILES string of the molecule is CCCO[Si](C)(C)C(C)N1CCNC1=O. The number of carbonyl (C=O) groups is 1. The van der Waals surface area contributed by atoms with Crippen molar-refractivity contribution in [2.24, 2.45) is 0 Å². The molecular formula is C10H22N2O2Si. The summed E-state index contributed by atoms with van der Waals surface area (Å²) >= 11 is 0. The van der Waals surface area contributed by atoms with Gasteiger partial charge in [-0.1, -0.05) is 6.92 Å². The molecule has 0 aliphatic carbocycles. The van der Waals surface area contributed by atoms with Crippen molar-refractivity contribution in [3.05, 3.63) is 0 Å². The molecule has 1 aliphatic heterocycles. The molecule has 15 heavy (non-hydrogen) atoms. The van der Waals surface area contributed by atoms with Crippen LogP contribution in [-0.4, -0.2) is 44.6 Å². The Kier molecular flexibility index (Phi) is 4.16. The molecule has 1 atom stereocenters. The van der Waals surface area contributed by atoms with E-state index in [1.807, 2.05) is 4.90 Å². The van der Waals surface area contributed by atoms with E-state index in [1.165, 1.54) is 0 Å². The van der Waals surface area contributed by atoms with Crippen LogP contribution in [0.3, 0.4) is 0 Å². The van der Waals surface area contributed by atoms with Crippen LogP contribution in [0.5, 0.6) is 0 Å². The molecule has 1 fully saturated rings. The Labute approximate surface area is 93.1 Å². The van der Waals surface area contributed by atoms with Gasteiger partial charge in [-0.05, 0) is 26.4 Å². The number of nitrogens with one attached hydrogen (secondary N) is 1. The first-order valence-corrected chi connectivity index (χ1v) is 8.66. The highest BCUT2D eigenvalue weighted by Crippen LogP contribution is 2.18. The average molecular weight is 230 g/mol. The van der Waals surface area contributed by atoms with E-state index in [2.05, 4.69) is 32.3 Å². The number of amides is 2. The van der Waals surface area contributed by atoms with Gasteiger partial charge in [0.05, 0.1) is 0 Å². The highest BCUT2D eigenvalue weighted by atomic mass is 28.4. The summed E-state index contributed by atoms with van der Waals surface area (Å²) in [5.41, 5.74) is 0.242. The number of hydrogen-bond donors (Lipinski definition) is 1. The van der Waals surface area contributed by atoms with Crippen LogP contribution in [0.1, 0.15) is 20.3 Å². The largest absolute Gasteiger partial charge is 0.415 e. The first-order valence-electron chi connectivity index (χ1n) is 5.67. The van der Waals surface area contributed by atoms with Crippen LogP contribution in [0.2, 0.25) is 13.1 Å². The maximum Gasteiger partial charge on any atom is 0.317 e. The molecule has 0 radical (unpaired) electrons. The number of nitrogens with zero attached hydrogens (tertiary/aromatic N) is 1. The van der Waals surface area contributed by atoms with E-state index in [0.717, 1.165) is 26.1 Å². The second-order valence-electron chi connectivity index (χ2n) is 4.55. The zero-order valence-corrected chi connectivity index (χ0v) is 11.2. The second-order valence-corrected chi connectivity index (χ2v) is 8.88. The van der Waals surface area contributed by atoms with E-state index in [-0.39, 0.29) is 11.7 Å². The van der Waals surface area contributed by atoms with Gasteiger partial charge in [-0.15, -0.1) is 0 Å². The molecule has 0 saturated carbocycles. The average Bonchev–Trinajstić information content (AvgIpc) is 2.60. The third kappa shape index (κ3) is 2.95. The molecule has 5 heteroatoms. The Hall–Kier alpha value is -0.553. The van der Waals surface area contributed by atoms with Gasteiger partial charge < -0.3 is 14.6 Å². The van der Waals surface area contributed by atoms with E-state index in [9.17, 15) is 4.79 Å². The lowest BCUT2D eigenvalue weighted by Crippen LogP contribution is -2.54. The van der Waals surface area contributed by atoms with Gasteiger partial charge in [0, 0.05) is 25.4 Å². The third-order valence-corrected chi connectivity index (χ3v) is 6.31. The van der Waals surface area contributed by atoms with Crippen molar-refractivity contribution in [1.29, 1.82) is 0 Å². The number of urea groups is 1. The fourth-order valence-electron chi connectivity index (χ4n) is 1.72. The van der Waals surface area contributed by atoms with Gasteiger partial charge in [0.15, 0.2) is 0 Å². The summed E-state index contributed by atoms with van der Waals surface area (Å²) in [6, 6.07) is 0.0585. The molecule has 1 saturated heterocycles. The molecule has 1 heterocycles. The summed E-state index contributed by atoms with van der Waals surface area (Å²) in [7, 11) is -1.77. The molecule has 0 spiro atoms. The molecule has 0 bridgehead atoms. The number of carbonyl (C=O) groups excluding carboxylic acids is 1. The molecule has 1 aliphatic rings. The summed E-state index contributed by atoms with van der Waals surface area (Å²) in [6.45, 7) is 11.0. The Morgan fingerprint density at radius 1 is 1.60 bits per heavy atom. The Balaban J connectivity index is 2.56. The molecule has 88 valence electrons. The number of rotatable bonds is 5. The van der Waals surface area contributed by atoms with Gasteiger partial charge >= 0.3 is 6.03 Å². The van der Waals surface area contributed by atoms with Crippen molar-refractivity contribution >= 4 is 14.3 Å². The standard InChI is InChI=1S/C10H22N2O2Si/c1-5-8-14-15(3,4)9(2)12-7-6-11-10(12)13/h9H,5-8H2,1-4H3,(H,11,13). The van der Waals surface area contributed by atoms with Gasteiger partial charge in [0.25, 0.3) is 0 Å². The fraction of sp³-hybridized carbons (Fsp3) is 0.900. The van der Waals surface area contributed by atoms with Gasteiger partial charge in [-0.3, -0.25) is 0 Å². The fourth-order valence-corrected chi connectivity index (χ4v) is 3.69. The third-order valence-electron chi connectivity index (χ3n) is 3.04. The predicted molar refractivity (Wildman–Crippen MR) is 63.3 cm³/mol. The van der Waals surface area contributed by atoms with Crippen LogP contribution in [0, 0.1) is 0 Å². The maximum absolute atomic E-state index is 11.5. The zero-order chi connectivity index (χ0) is 11.5. The lowest BCUT2D eigenvalue weighted by Gasteiger charge is -2.35. The van der Waals surface area contributed by atoms with Crippen LogP contribution >= 0.6 is 0 Å². The van der Waals surface area contributed by atoms with Crippen molar-refractivity contribution in [2.45, 2.75) is 39.0 Å². The van der Waals surface area contributed by atoms with Crippen molar-refractivity contribution in [1.82, 2.24) is 10.2 Å². The minimum atomic E-state index is -1.77. The summed E-state index contributed by atoms with van der Waals surface area (Å²) in [5, 5.41) is 2.83. The highest BCUT2D eigenvalue weighted by Gasteiger charge is 2.38. The van der Waals surface area contributed by atoms with Gasteiger partial charge in [-0.25, -0.2) is 4.79 Å². The highest BCUT2D eigenvalue weighted by molar-refractivity contribution is 6.72. The molecule has 0 aromatic carbocycles. The van der Waals surface area contributed by atoms with E-state index in [0.29, 0.717) is 0 Å². The van der Waals surface area contributed by atoms with Gasteiger partial charge in [0.2, 0.25) is 8.32 Å². The lowest BCUT2D eigenvalue weighted by atomic mass is 10.5. The second kappa shape index (κ2) is 4.98. The molecule has 1 N–H and O–H groups in total. The molecule has 1 unspecified atom stereocenters. The molecule has 0 aromatic rings. The summed E-state index contributed by atoms with van der Waals surface area (Å²) in [6.07, 6.45) is 1.04. The Morgan fingerprint density at radius 2 is 2.27 bits per heavy atom. The topological polar surface area (TPSA) is 41.6 Å². The van der Waals surface area contributed by atoms with E-state index >= 15 is 0 Å². The van der Waals surface area contributed by atoms with E-state index in [1.54, 1.807) is 0 Å². The summed E-state index contributed by atoms with van der Waals surface area (Å²) in [4.78, 5) is 13.4. The monoisotopic (exact) mass is 230 g/mol. The van der Waals surface area contributed by atoms with Crippen molar-refractivity contribution < 1.29 is 9.22 Å². The van der Waals surface area contributed by atoms with Crippen LogP contribution in [0.15, 0.2) is 0 Å². The Bertz CT molecular complexity index is 233. The van der Waals surface area contributed by atoms with E-state index in [4.69, 9.17) is 4.43 Å². The number of hydrogen-bond acceptors (Lipinski definition) is 2. The zero-order valence-electron chi connectivity index (χ0n) is 10.2. The van der Waals surface area contributed by atoms with Gasteiger partial charge in [0.1, 0.15) is 0 Å². The first-order chi connectivity index (χ1) is 6.99. The molecular weight excluding hydrogens is 208 g/mol. The van der Waals surface area contributed by atoms with Crippen LogP contribution in [-0.2, 0) is 4.43 Å². The normalized spacial score (nSPS) is 19.2. The van der Waals surface area contributed by atoms with Crippen molar-refractivity contribution in [3.8, 4) is 0 Å².